The number of amides is 1. The van der Waals surface area contributed by atoms with Crippen LogP contribution in [-0.4, -0.2) is 28.9 Å². The molecule has 0 spiro atoms. The normalized spacial score (nSPS) is 14.9. The maximum absolute atomic E-state index is 12.4. The Morgan fingerprint density at radius 3 is 2.65 bits per heavy atom. The molecule has 0 bridgehead atoms. The van der Waals surface area contributed by atoms with E-state index in [4.69, 9.17) is 0 Å². The number of benzene rings is 1. The summed E-state index contributed by atoms with van der Waals surface area (Å²) in [6, 6.07) is 12.5. The summed E-state index contributed by atoms with van der Waals surface area (Å²) in [5, 5.41) is 14.1. The van der Waals surface area contributed by atoms with Gasteiger partial charge in [-0.05, 0) is 38.0 Å². The fourth-order valence-corrected chi connectivity index (χ4v) is 3.29. The lowest BCUT2D eigenvalue weighted by Crippen LogP contribution is -2.40. The highest BCUT2D eigenvalue weighted by molar-refractivity contribution is 5.79. The number of aryl methyl sites for hydroxylation is 1. The van der Waals surface area contributed by atoms with Crippen molar-refractivity contribution in [1.82, 2.24) is 10.3 Å². The maximum atomic E-state index is 12.4. The SMILES string of the molecule is Cc1cccc(CNC(=O)C2CCN(c3ccccc3[N+](=O)[O-])CC2)n1. The van der Waals surface area contributed by atoms with E-state index < -0.39 is 0 Å². The number of hydrogen-bond acceptors (Lipinski definition) is 5. The van der Waals surface area contributed by atoms with Gasteiger partial charge < -0.3 is 10.2 Å². The third-order valence-corrected chi connectivity index (χ3v) is 4.67. The number of anilines is 1. The fourth-order valence-electron chi connectivity index (χ4n) is 3.29. The van der Waals surface area contributed by atoms with E-state index in [1.807, 2.05) is 30.0 Å². The molecule has 1 amide bonds. The van der Waals surface area contributed by atoms with Gasteiger partial charge in [-0.25, -0.2) is 0 Å². The van der Waals surface area contributed by atoms with Crippen LogP contribution >= 0.6 is 0 Å². The quantitative estimate of drug-likeness (QED) is 0.659. The second-order valence-electron chi connectivity index (χ2n) is 6.50. The van der Waals surface area contributed by atoms with Crippen molar-refractivity contribution in [3.63, 3.8) is 0 Å². The van der Waals surface area contributed by atoms with E-state index in [9.17, 15) is 14.9 Å². The van der Waals surface area contributed by atoms with Crippen LogP contribution in [0.2, 0.25) is 0 Å². The summed E-state index contributed by atoms with van der Waals surface area (Å²) in [7, 11) is 0. The lowest BCUT2D eigenvalue weighted by molar-refractivity contribution is -0.384. The first-order valence-electron chi connectivity index (χ1n) is 8.73. The van der Waals surface area contributed by atoms with Crippen LogP contribution in [0.25, 0.3) is 0 Å². The van der Waals surface area contributed by atoms with Gasteiger partial charge in [-0.2, -0.15) is 0 Å². The molecule has 0 atom stereocenters. The van der Waals surface area contributed by atoms with E-state index in [2.05, 4.69) is 10.3 Å². The van der Waals surface area contributed by atoms with E-state index in [1.165, 1.54) is 6.07 Å². The molecule has 3 rings (SSSR count). The number of para-hydroxylation sites is 2. The van der Waals surface area contributed by atoms with Gasteiger partial charge in [-0.1, -0.05) is 18.2 Å². The summed E-state index contributed by atoms with van der Waals surface area (Å²) >= 11 is 0. The predicted octanol–water partition coefficient (Wildman–Crippen LogP) is 2.83. The Bertz CT molecular complexity index is 801. The second kappa shape index (κ2) is 7.95. The van der Waals surface area contributed by atoms with Crippen molar-refractivity contribution in [3.8, 4) is 0 Å². The van der Waals surface area contributed by atoms with Crippen LogP contribution in [0, 0.1) is 23.0 Å². The number of hydrogen-bond donors (Lipinski definition) is 1. The Labute approximate surface area is 152 Å². The standard InChI is InChI=1S/C19H22N4O3/c1-14-5-4-6-16(21-14)13-20-19(24)15-9-11-22(12-10-15)17-7-2-3-8-18(17)23(25)26/h2-8,15H,9-13H2,1H3,(H,20,24). The Hall–Kier alpha value is -2.96. The predicted molar refractivity (Wildman–Crippen MR) is 98.9 cm³/mol. The number of nitro benzene ring substituents is 1. The topological polar surface area (TPSA) is 88.4 Å². The van der Waals surface area contributed by atoms with Gasteiger partial charge in [0.15, 0.2) is 0 Å². The molecule has 1 saturated heterocycles. The van der Waals surface area contributed by atoms with Crippen molar-refractivity contribution in [1.29, 1.82) is 0 Å². The molecule has 1 aromatic carbocycles. The number of nitrogens with one attached hydrogen (secondary N) is 1. The third-order valence-electron chi connectivity index (χ3n) is 4.67. The fraction of sp³-hybridized carbons (Fsp3) is 0.368. The molecule has 1 fully saturated rings. The molecule has 1 N–H and O–H groups in total. The van der Waals surface area contributed by atoms with Crippen molar-refractivity contribution in [2.24, 2.45) is 5.92 Å². The second-order valence-corrected chi connectivity index (χ2v) is 6.50. The average Bonchev–Trinajstić information content (AvgIpc) is 2.66. The third kappa shape index (κ3) is 4.17. The monoisotopic (exact) mass is 354 g/mol. The number of nitrogens with zero attached hydrogens (tertiary/aromatic N) is 3. The summed E-state index contributed by atoms with van der Waals surface area (Å²) in [6.45, 7) is 3.60. The van der Waals surface area contributed by atoms with Crippen LogP contribution in [-0.2, 0) is 11.3 Å². The number of rotatable bonds is 5. The molecular weight excluding hydrogens is 332 g/mol. The molecule has 1 aliphatic heterocycles. The zero-order valence-electron chi connectivity index (χ0n) is 14.7. The molecule has 136 valence electrons. The van der Waals surface area contributed by atoms with Gasteiger partial charge in [0.2, 0.25) is 5.91 Å². The highest BCUT2D eigenvalue weighted by Gasteiger charge is 2.27. The Balaban J connectivity index is 1.55. The lowest BCUT2D eigenvalue weighted by atomic mass is 9.95. The molecule has 1 aliphatic rings. The minimum atomic E-state index is -0.358. The van der Waals surface area contributed by atoms with E-state index in [0.717, 1.165) is 11.4 Å². The van der Waals surface area contributed by atoms with Crippen molar-refractivity contribution >= 4 is 17.3 Å². The first-order chi connectivity index (χ1) is 12.5. The largest absolute Gasteiger partial charge is 0.366 e. The smallest absolute Gasteiger partial charge is 0.292 e. The molecule has 0 aliphatic carbocycles. The minimum absolute atomic E-state index is 0.0236. The zero-order chi connectivity index (χ0) is 18.5. The number of carbonyl (C=O) groups excluding carboxylic acids is 1. The van der Waals surface area contributed by atoms with Gasteiger partial charge in [-0.15, -0.1) is 0 Å². The number of piperidine rings is 1. The van der Waals surface area contributed by atoms with E-state index in [1.54, 1.807) is 18.2 Å². The molecule has 0 radical (unpaired) electrons. The minimum Gasteiger partial charge on any atom is -0.366 e. The Morgan fingerprint density at radius 1 is 1.23 bits per heavy atom. The summed E-state index contributed by atoms with van der Waals surface area (Å²) in [5.74, 6) is -0.0469. The van der Waals surface area contributed by atoms with Gasteiger partial charge in [0.1, 0.15) is 5.69 Å². The van der Waals surface area contributed by atoms with Crippen LogP contribution in [0.5, 0.6) is 0 Å². The van der Waals surface area contributed by atoms with Crippen molar-refractivity contribution < 1.29 is 9.72 Å². The molecule has 26 heavy (non-hydrogen) atoms. The van der Waals surface area contributed by atoms with Crippen molar-refractivity contribution in [3.05, 3.63) is 64.0 Å². The molecule has 2 aromatic rings. The van der Waals surface area contributed by atoms with Crippen LogP contribution in [0.1, 0.15) is 24.2 Å². The van der Waals surface area contributed by atoms with Gasteiger partial charge >= 0.3 is 0 Å². The molecular formula is C19H22N4O3. The summed E-state index contributed by atoms with van der Waals surface area (Å²) in [5.41, 5.74) is 2.51. The Morgan fingerprint density at radius 2 is 1.96 bits per heavy atom. The first kappa shape index (κ1) is 17.8. The van der Waals surface area contributed by atoms with Gasteiger partial charge in [-0.3, -0.25) is 19.9 Å². The highest BCUT2D eigenvalue weighted by Crippen LogP contribution is 2.31. The molecule has 2 heterocycles. The average molecular weight is 354 g/mol. The van der Waals surface area contributed by atoms with E-state index in [0.29, 0.717) is 38.2 Å². The molecule has 7 nitrogen and oxygen atoms in total. The molecule has 1 aromatic heterocycles. The van der Waals surface area contributed by atoms with E-state index >= 15 is 0 Å². The Kier molecular flexibility index (Phi) is 5.46. The van der Waals surface area contributed by atoms with Gasteiger partial charge in [0.25, 0.3) is 5.69 Å². The van der Waals surface area contributed by atoms with E-state index in [-0.39, 0.29) is 22.4 Å². The van der Waals surface area contributed by atoms with Gasteiger partial charge in [0, 0.05) is 30.8 Å². The molecule has 0 unspecified atom stereocenters. The van der Waals surface area contributed by atoms with Crippen molar-refractivity contribution in [2.75, 3.05) is 18.0 Å². The van der Waals surface area contributed by atoms with Gasteiger partial charge in [0.05, 0.1) is 17.2 Å². The van der Waals surface area contributed by atoms with Crippen LogP contribution < -0.4 is 10.2 Å². The number of carbonyl (C=O) groups is 1. The first-order valence-corrected chi connectivity index (χ1v) is 8.73. The number of pyridine rings is 1. The highest BCUT2D eigenvalue weighted by atomic mass is 16.6. The van der Waals surface area contributed by atoms with Crippen LogP contribution in [0.15, 0.2) is 42.5 Å². The van der Waals surface area contributed by atoms with Crippen LogP contribution in [0.3, 0.4) is 0 Å². The van der Waals surface area contributed by atoms with Crippen LogP contribution in [0.4, 0.5) is 11.4 Å². The summed E-state index contributed by atoms with van der Waals surface area (Å²) < 4.78 is 0. The molecule has 0 saturated carbocycles. The molecule has 7 heteroatoms. The summed E-state index contributed by atoms with van der Waals surface area (Å²) in [6.07, 6.45) is 1.36. The van der Waals surface area contributed by atoms with Crippen molar-refractivity contribution in [2.45, 2.75) is 26.3 Å². The number of aromatic nitrogens is 1. The number of nitro groups is 1. The zero-order valence-corrected chi connectivity index (χ0v) is 14.7. The lowest BCUT2D eigenvalue weighted by Gasteiger charge is -2.32. The summed E-state index contributed by atoms with van der Waals surface area (Å²) in [4.78, 5) is 29.6. The maximum Gasteiger partial charge on any atom is 0.292 e.